The second-order valence-electron chi connectivity index (χ2n) is 4.95. The van der Waals surface area contributed by atoms with Crippen LogP contribution in [0.25, 0.3) is 0 Å². The van der Waals surface area contributed by atoms with Crippen molar-refractivity contribution in [1.82, 2.24) is 5.32 Å². The molecule has 0 aliphatic rings. The third-order valence-corrected chi connectivity index (χ3v) is 3.01. The van der Waals surface area contributed by atoms with Crippen LogP contribution in [-0.2, 0) is 4.74 Å². The highest BCUT2D eigenvalue weighted by Crippen LogP contribution is 2.27. The Morgan fingerprint density at radius 1 is 1.22 bits per heavy atom. The molecule has 1 rings (SSSR count). The van der Waals surface area contributed by atoms with E-state index in [1.165, 1.54) is 11.1 Å². The number of methoxy groups -OCH3 is 1. The van der Waals surface area contributed by atoms with Crippen molar-refractivity contribution in [2.24, 2.45) is 0 Å². The first kappa shape index (κ1) is 15.0. The second kappa shape index (κ2) is 7.39. The number of hydrogen-bond acceptors (Lipinski definition) is 3. The van der Waals surface area contributed by atoms with E-state index in [1.807, 2.05) is 7.05 Å². The summed E-state index contributed by atoms with van der Waals surface area (Å²) in [4.78, 5) is 0. The number of rotatable bonds is 7. The van der Waals surface area contributed by atoms with Gasteiger partial charge in [-0.15, -0.1) is 0 Å². The minimum atomic E-state index is 0.218. The summed E-state index contributed by atoms with van der Waals surface area (Å²) in [6.45, 7) is 7.72. The van der Waals surface area contributed by atoms with Gasteiger partial charge in [-0.25, -0.2) is 0 Å². The van der Waals surface area contributed by atoms with Crippen LogP contribution in [0.4, 0.5) is 0 Å². The van der Waals surface area contributed by atoms with Gasteiger partial charge in [0.15, 0.2) is 0 Å². The Labute approximate surface area is 110 Å². The minimum absolute atomic E-state index is 0.218. The molecule has 3 nitrogen and oxygen atoms in total. The molecule has 0 aliphatic carbocycles. The summed E-state index contributed by atoms with van der Waals surface area (Å²) < 4.78 is 11.1. The second-order valence-corrected chi connectivity index (χ2v) is 4.95. The first-order valence-electron chi connectivity index (χ1n) is 6.48. The van der Waals surface area contributed by atoms with Crippen LogP contribution in [0.5, 0.6) is 5.75 Å². The van der Waals surface area contributed by atoms with Crippen molar-refractivity contribution in [2.45, 2.75) is 32.7 Å². The molecule has 1 N–H and O–H groups in total. The molecule has 102 valence electrons. The van der Waals surface area contributed by atoms with E-state index in [-0.39, 0.29) is 6.04 Å². The number of hydrogen-bond donors (Lipinski definition) is 1. The maximum atomic E-state index is 5.94. The average molecular weight is 251 g/mol. The zero-order chi connectivity index (χ0) is 13.5. The summed E-state index contributed by atoms with van der Waals surface area (Å²) in [7, 11) is 3.63. The Morgan fingerprint density at radius 3 is 2.50 bits per heavy atom. The van der Waals surface area contributed by atoms with E-state index in [1.54, 1.807) is 7.11 Å². The van der Waals surface area contributed by atoms with Crippen molar-refractivity contribution in [3.63, 3.8) is 0 Å². The van der Waals surface area contributed by atoms with Crippen LogP contribution in [0.15, 0.2) is 18.2 Å². The fraction of sp³-hybridized carbons (Fsp3) is 0.600. The quantitative estimate of drug-likeness (QED) is 0.808. The lowest BCUT2D eigenvalue weighted by Gasteiger charge is -2.19. The Morgan fingerprint density at radius 2 is 1.94 bits per heavy atom. The van der Waals surface area contributed by atoms with Crippen LogP contribution in [0, 0.1) is 6.92 Å². The normalized spacial score (nSPS) is 12.8. The molecular formula is C15H25NO2. The van der Waals surface area contributed by atoms with Crippen LogP contribution in [0.1, 0.15) is 30.9 Å². The van der Waals surface area contributed by atoms with Gasteiger partial charge in [0.25, 0.3) is 0 Å². The van der Waals surface area contributed by atoms with Crippen LogP contribution in [0.2, 0.25) is 0 Å². The van der Waals surface area contributed by atoms with Gasteiger partial charge in [-0.3, -0.25) is 0 Å². The summed E-state index contributed by atoms with van der Waals surface area (Å²) in [6, 6.07) is 6.61. The van der Waals surface area contributed by atoms with Crippen molar-refractivity contribution in [2.75, 3.05) is 27.4 Å². The molecule has 1 unspecified atom stereocenters. The molecule has 0 aliphatic heterocycles. The number of likely N-dealkylation sites (N-methyl/N-ethyl adjacent to an activating group) is 1. The molecule has 0 fully saturated rings. The molecule has 0 saturated heterocycles. The predicted octanol–water partition coefficient (Wildman–Crippen LogP) is 2.73. The highest BCUT2D eigenvalue weighted by Gasteiger charge is 2.11. The van der Waals surface area contributed by atoms with Crippen LogP contribution in [-0.4, -0.2) is 33.4 Å². The van der Waals surface area contributed by atoms with Gasteiger partial charge in [0.05, 0.1) is 12.6 Å². The maximum Gasteiger partial charge on any atom is 0.123 e. The maximum absolute atomic E-state index is 5.94. The van der Waals surface area contributed by atoms with E-state index < -0.39 is 0 Å². The summed E-state index contributed by atoms with van der Waals surface area (Å²) in [5, 5.41) is 3.19. The van der Waals surface area contributed by atoms with Crippen molar-refractivity contribution < 1.29 is 9.47 Å². The molecule has 0 aromatic heterocycles. The number of nitrogens with one attached hydrogen (secondary N) is 1. The summed E-state index contributed by atoms with van der Waals surface area (Å²) in [6.07, 6.45) is 0. The third kappa shape index (κ3) is 4.31. The largest absolute Gasteiger partial charge is 0.492 e. The Kier molecular flexibility index (Phi) is 6.16. The fourth-order valence-corrected chi connectivity index (χ4v) is 1.85. The van der Waals surface area contributed by atoms with Gasteiger partial charge < -0.3 is 14.8 Å². The number of ether oxygens (including phenoxy) is 2. The Bertz CT molecular complexity index is 364. The highest BCUT2D eigenvalue weighted by molar-refractivity contribution is 5.39. The smallest absolute Gasteiger partial charge is 0.123 e. The Balaban J connectivity index is 2.73. The van der Waals surface area contributed by atoms with Gasteiger partial charge in [-0.05, 0) is 37.1 Å². The Hall–Kier alpha value is -1.06. The van der Waals surface area contributed by atoms with Gasteiger partial charge in [-0.1, -0.05) is 26.0 Å². The van der Waals surface area contributed by atoms with Crippen molar-refractivity contribution in [3.8, 4) is 5.75 Å². The molecule has 3 heteroatoms. The van der Waals surface area contributed by atoms with E-state index in [0.717, 1.165) is 5.75 Å². The first-order chi connectivity index (χ1) is 8.58. The van der Waals surface area contributed by atoms with E-state index in [2.05, 4.69) is 44.3 Å². The molecule has 0 spiro atoms. The summed E-state index contributed by atoms with van der Waals surface area (Å²) in [5.41, 5.74) is 2.48. The molecule has 0 radical (unpaired) electrons. The fourth-order valence-electron chi connectivity index (χ4n) is 1.85. The average Bonchev–Trinajstić information content (AvgIpc) is 2.34. The molecule has 1 aromatic rings. The molecule has 0 heterocycles. The van der Waals surface area contributed by atoms with Gasteiger partial charge in [0, 0.05) is 7.11 Å². The minimum Gasteiger partial charge on any atom is -0.492 e. The van der Waals surface area contributed by atoms with Crippen molar-refractivity contribution >= 4 is 0 Å². The highest BCUT2D eigenvalue weighted by atomic mass is 16.5. The lowest BCUT2D eigenvalue weighted by Crippen LogP contribution is -2.35. The van der Waals surface area contributed by atoms with Crippen LogP contribution >= 0.6 is 0 Å². The third-order valence-electron chi connectivity index (χ3n) is 3.01. The van der Waals surface area contributed by atoms with Crippen LogP contribution < -0.4 is 10.1 Å². The van der Waals surface area contributed by atoms with Crippen LogP contribution in [0.3, 0.4) is 0 Å². The molecule has 1 atom stereocenters. The molecule has 18 heavy (non-hydrogen) atoms. The summed E-state index contributed by atoms with van der Waals surface area (Å²) >= 11 is 0. The van der Waals surface area contributed by atoms with E-state index in [4.69, 9.17) is 9.47 Å². The SMILES string of the molecule is CNC(COC)COc1cc(C)ccc1C(C)C. The van der Waals surface area contributed by atoms with Gasteiger partial charge in [-0.2, -0.15) is 0 Å². The zero-order valence-electron chi connectivity index (χ0n) is 12.1. The topological polar surface area (TPSA) is 30.5 Å². The number of benzene rings is 1. The zero-order valence-corrected chi connectivity index (χ0v) is 12.1. The molecule has 1 aromatic carbocycles. The first-order valence-corrected chi connectivity index (χ1v) is 6.48. The van der Waals surface area contributed by atoms with Crippen molar-refractivity contribution in [1.29, 1.82) is 0 Å². The molecule has 0 bridgehead atoms. The summed E-state index contributed by atoms with van der Waals surface area (Å²) in [5.74, 6) is 1.46. The molecular weight excluding hydrogens is 226 g/mol. The van der Waals surface area contributed by atoms with E-state index >= 15 is 0 Å². The number of aryl methyl sites for hydroxylation is 1. The van der Waals surface area contributed by atoms with Gasteiger partial charge in [0.2, 0.25) is 0 Å². The monoisotopic (exact) mass is 251 g/mol. The lowest BCUT2D eigenvalue weighted by atomic mass is 10.0. The van der Waals surface area contributed by atoms with Gasteiger partial charge >= 0.3 is 0 Å². The van der Waals surface area contributed by atoms with Crippen molar-refractivity contribution in [3.05, 3.63) is 29.3 Å². The van der Waals surface area contributed by atoms with E-state index in [9.17, 15) is 0 Å². The van der Waals surface area contributed by atoms with E-state index in [0.29, 0.717) is 19.1 Å². The lowest BCUT2D eigenvalue weighted by molar-refractivity contribution is 0.139. The molecule has 0 saturated carbocycles. The molecule has 0 amide bonds. The predicted molar refractivity (Wildman–Crippen MR) is 75.5 cm³/mol. The standard InChI is InChI=1S/C15H25NO2/c1-11(2)14-7-6-12(3)8-15(14)18-10-13(16-4)9-17-5/h6-8,11,13,16H,9-10H2,1-5H3. The van der Waals surface area contributed by atoms with Gasteiger partial charge in [0.1, 0.15) is 12.4 Å².